The number of hydrogen-bond acceptors (Lipinski definition) is 5. The summed E-state index contributed by atoms with van der Waals surface area (Å²) in [6, 6.07) is 7.08. The van der Waals surface area contributed by atoms with Crippen molar-refractivity contribution in [2.24, 2.45) is 0 Å². The van der Waals surface area contributed by atoms with Crippen molar-refractivity contribution in [3.8, 4) is 0 Å². The van der Waals surface area contributed by atoms with Crippen molar-refractivity contribution in [2.45, 2.75) is 0 Å². The van der Waals surface area contributed by atoms with Gasteiger partial charge in [-0.05, 0) is 24.3 Å². The number of nitrogens with two attached hydrogens (primary N) is 1. The Labute approximate surface area is 122 Å². The number of nitrogens with zero attached hydrogens (tertiary/aromatic N) is 2. The van der Waals surface area contributed by atoms with Crippen LogP contribution in [0.3, 0.4) is 0 Å². The number of aliphatic hydroxyl groups excluding tert-OH is 1. The van der Waals surface area contributed by atoms with E-state index in [1.807, 2.05) is 0 Å². The monoisotopic (exact) mass is 289 g/mol. The van der Waals surface area contributed by atoms with E-state index in [0.29, 0.717) is 36.7 Å². The normalized spacial score (nSPS) is 16.5. The van der Waals surface area contributed by atoms with Gasteiger partial charge in [-0.2, -0.15) is 0 Å². The summed E-state index contributed by atoms with van der Waals surface area (Å²) in [4.78, 5) is 16.4. The van der Waals surface area contributed by atoms with Crippen molar-refractivity contribution in [1.82, 2.24) is 9.80 Å². The minimum absolute atomic E-state index is 0.0894. The Hall–Kier alpha value is -2.05. The molecular formula is C15H19N3O3. The Bertz CT molecular complexity index is 645. The Morgan fingerprint density at radius 2 is 2.00 bits per heavy atom. The third-order valence-electron chi connectivity index (χ3n) is 3.83. The number of rotatable bonds is 3. The quantitative estimate of drug-likeness (QED) is 0.815. The lowest BCUT2D eigenvalue weighted by atomic mass is 10.2. The predicted octanol–water partition coefficient (Wildman–Crippen LogP) is 0.765. The molecule has 1 aliphatic heterocycles. The first-order valence-electron chi connectivity index (χ1n) is 7.09. The smallest absolute Gasteiger partial charge is 0.289 e. The van der Waals surface area contributed by atoms with E-state index < -0.39 is 0 Å². The summed E-state index contributed by atoms with van der Waals surface area (Å²) in [7, 11) is 0. The first-order valence-corrected chi connectivity index (χ1v) is 7.09. The minimum Gasteiger partial charge on any atom is -0.451 e. The number of piperazine rings is 1. The summed E-state index contributed by atoms with van der Waals surface area (Å²) in [6.07, 6.45) is 0. The minimum atomic E-state index is -0.0894. The Morgan fingerprint density at radius 3 is 2.71 bits per heavy atom. The molecule has 6 nitrogen and oxygen atoms in total. The molecule has 3 rings (SSSR count). The maximum absolute atomic E-state index is 12.5. The molecule has 3 N–H and O–H groups in total. The molecule has 0 unspecified atom stereocenters. The van der Waals surface area contributed by atoms with Gasteiger partial charge in [0.05, 0.1) is 6.61 Å². The van der Waals surface area contributed by atoms with Gasteiger partial charge in [-0.3, -0.25) is 9.69 Å². The number of anilines is 1. The molecule has 0 spiro atoms. The van der Waals surface area contributed by atoms with Crippen LogP contribution in [0.4, 0.5) is 5.69 Å². The average molecular weight is 289 g/mol. The number of β-amino-alcohol motifs (C(OH)–C–C–N with tert-alkyl or cyclic N) is 1. The van der Waals surface area contributed by atoms with Gasteiger partial charge in [0.2, 0.25) is 0 Å². The topological polar surface area (TPSA) is 82.9 Å². The van der Waals surface area contributed by atoms with Gasteiger partial charge in [-0.25, -0.2) is 0 Å². The molecule has 112 valence electrons. The molecule has 6 heteroatoms. The first kappa shape index (κ1) is 13.9. The van der Waals surface area contributed by atoms with Crippen LogP contribution in [0, 0.1) is 0 Å². The average Bonchev–Trinajstić information content (AvgIpc) is 2.90. The molecule has 21 heavy (non-hydrogen) atoms. The number of amides is 1. The fraction of sp³-hybridized carbons (Fsp3) is 0.400. The third kappa shape index (κ3) is 2.86. The van der Waals surface area contributed by atoms with Crippen molar-refractivity contribution in [1.29, 1.82) is 0 Å². The standard InChI is InChI=1S/C15H19N3O3/c16-12-1-2-13-11(9-12)10-14(21-13)15(20)18-5-3-17(4-6-18)7-8-19/h1-2,9-10,19H,3-8,16H2. The van der Waals surface area contributed by atoms with Crippen LogP contribution in [0.5, 0.6) is 0 Å². The molecule has 0 bridgehead atoms. The largest absolute Gasteiger partial charge is 0.451 e. The predicted molar refractivity (Wildman–Crippen MR) is 80.1 cm³/mol. The van der Waals surface area contributed by atoms with Crippen molar-refractivity contribution in [3.05, 3.63) is 30.0 Å². The lowest BCUT2D eigenvalue weighted by Crippen LogP contribution is -2.49. The highest BCUT2D eigenvalue weighted by Crippen LogP contribution is 2.23. The molecule has 0 radical (unpaired) electrons. The first-order chi connectivity index (χ1) is 10.2. The molecule has 1 aromatic heterocycles. The van der Waals surface area contributed by atoms with Crippen LogP contribution in [0.25, 0.3) is 11.0 Å². The van der Waals surface area contributed by atoms with Gasteiger partial charge < -0.3 is 20.2 Å². The van der Waals surface area contributed by atoms with Gasteiger partial charge >= 0.3 is 0 Å². The molecule has 0 atom stereocenters. The summed E-state index contributed by atoms with van der Waals surface area (Å²) in [6.45, 7) is 3.67. The van der Waals surface area contributed by atoms with E-state index in [9.17, 15) is 4.79 Å². The summed E-state index contributed by atoms with van der Waals surface area (Å²) < 4.78 is 5.61. The van der Waals surface area contributed by atoms with Crippen LogP contribution >= 0.6 is 0 Å². The van der Waals surface area contributed by atoms with Crippen molar-refractivity contribution < 1.29 is 14.3 Å². The second-order valence-electron chi connectivity index (χ2n) is 5.27. The van der Waals surface area contributed by atoms with E-state index in [2.05, 4.69) is 4.90 Å². The number of carbonyl (C=O) groups is 1. The number of benzene rings is 1. The molecule has 1 amide bonds. The van der Waals surface area contributed by atoms with Gasteiger partial charge in [0.15, 0.2) is 5.76 Å². The maximum atomic E-state index is 12.5. The number of aliphatic hydroxyl groups is 1. The highest BCUT2D eigenvalue weighted by atomic mass is 16.3. The molecule has 1 aliphatic rings. The number of fused-ring (bicyclic) bond motifs is 1. The lowest BCUT2D eigenvalue weighted by molar-refractivity contribution is 0.0587. The van der Waals surface area contributed by atoms with E-state index in [4.69, 9.17) is 15.3 Å². The summed E-state index contributed by atoms with van der Waals surface area (Å²) in [5.74, 6) is 0.264. The second-order valence-corrected chi connectivity index (χ2v) is 5.27. The highest BCUT2D eigenvalue weighted by Gasteiger charge is 2.24. The lowest BCUT2D eigenvalue weighted by Gasteiger charge is -2.33. The van der Waals surface area contributed by atoms with Crippen LogP contribution in [0.2, 0.25) is 0 Å². The zero-order valence-corrected chi connectivity index (χ0v) is 11.8. The van der Waals surface area contributed by atoms with Gasteiger partial charge in [0.1, 0.15) is 5.58 Å². The molecule has 1 aromatic carbocycles. The molecule has 0 saturated carbocycles. The maximum Gasteiger partial charge on any atom is 0.289 e. The second kappa shape index (κ2) is 5.75. The zero-order valence-electron chi connectivity index (χ0n) is 11.8. The number of furan rings is 1. The van der Waals surface area contributed by atoms with Crippen LogP contribution < -0.4 is 5.73 Å². The number of carbonyl (C=O) groups excluding carboxylic acids is 1. The van der Waals surface area contributed by atoms with E-state index in [0.717, 1.165) is 18.5 Å². The molecule has 2 aromatic rings. The van der Waals surface area contributed by atoms with Crippen LogP contribution in [0.15, 0.2) is 28.7 Å². The van der Waals surface area contributed by atoms with Crippen LogP contribution in [-0.4, -0.2) is 60.1 Å². The van der Waals surface area contributed by atoms with Gasteiger partial charge in [0, 0.05) is 43.8 Å². The van der Waals surface area contributed by atoms with Crippen LogP contribution in [-0.2, 0) is 0 Å². The fourth-order valence-corrected chi connectivity index (χ4v) is 2.64. The molecule has 2 heterocycles. The summed E-state index contributed by atoms with van der Waals surface area (Å²) >= 11 is 0. The van der Waals surface area contributed by atoms with Gasteiger partial charge in [-0.15, -0.1) is 0 Å². The van der Waals surface area contributed by atoms with Crippen LogP contribution in [0.1, 0.15) is 10.6 Å². The van der Waals surface area contributed by atoms with E-state index in [1.165, 1.54) is 0 Å². The summed E-state index contributed by atoms with van der Waals surface area (Å²) in [5.41, 5.74) is 7.06. The van der Waals surface area contributed by atoms with Gasteiger partial charge in [0.25, 0.3) is 5.91 Å². The molecule has 1 saturated heterocycles. The van der Waals surface area contributed by atoms with E-state index in [1.54, 1.807) is 29.2 Å². The fourth-order valence-electron chi connectivity index (χ4n) is 2.64. The molecular weight excluding hydrogens is 270 g/mol. The van der Waals surface area contributed by atoms with E-state index >= 15 is 0 Å². The Kier molecular flexibility index (Phi) is 3.81. The highest BCUT2D eigenvalue weighted by molar-refractivity contribution is 5.96. The third-order valence-corrected chi connectivity index (χ3v) is 3.83. The van der Waals surface area contributed by atoms with Gasteiger partial charge in [-0.1, -0.05) is 0 Å². The Balaban J connectivity index is 1.72. The van der Waals surface area contributed by atoms with Crippen molar-refractivity contribution in [3.63, 3.8) is 0 Å². The Morgan fingerprint density at radius 1 is 1.24 bits per heavy atom. The molecule has 1 fully saturated rings. The number of nitrogen functional groups attached to an aromatic ring is 1. The van der Waals surface area contributed by atoms with Crippen molar-refractivity contribution >= 4 is 22.6 Å². The summed E-state index contributed by atoms with van der Waals surface area (Å²) in [5, 5.41) is 9.77. The van der Waals surface area contributed by atoms with E-state index in [-0.39, 0.29) is 12.5 Å². The SMILES string of the molecule is Nc1ccc2oc(C(=O)N3CCN(CCO)CC3)cc2c1. The molecule has 0 aliphatic carbocycles. The number of hydrogen-bond donors (Lipinski definition) is 2. The zero-order chi connectivity index (χ0) is 14.8. The van der Waals surface area contributed by atoms with Crippen molar-refractivity contribution in [2.75, 3.05) is 45.1 Å².